The first-order valence-corrected chi connectivity index (χ1v) is 7.20. The second kappa shape index (κ2) is 5.85. The Balaban J connectivity index is 1.77. The monoisotopic (exact) mass is 275 g/mol. The van der Waals surface area contributed by atoms with Crippen LogP contribution in [0, 0.1) is 17.8 Å². The Labute approximate surface area is 125 Å². The van der Waals surface area contributed by atoms with Crippen molar-refractivity contribution in [3.63, 3.8) is 0 Å². The molecule has 0 radical (unpaired) electrons. The molecule has 0 spiro atoms. The van der Waals surface area contributed by atoms with Crippen LogP contribution in [0.5, 0.6) is 0 Å². The molecule has 1 aliphatic carbocycles. The van der Waals surface area contributed by atoms with Gasteiger partial charge in [-0.25, -0.2) is 0 Å². The van der Waals surface area contributed by atoms with E-state index < -0.39 is 0 Å². The molecule has 0 bridgehead atoms. The number of carbonyl (C=O) groups is 1. The number of benzene rings is 2. The molecule has 21 heavy (non-hydrogen) atoms. The van der Waals surface area contributed by atoms with Gasteiger partial charge >= 0.3 is 0 Å². The predicted molar refractivity (Wildman–Crippen MR) is 84.9 cm³/mol. The van der Waals surface area contributed by atoms with Crippen molar-refractivity contribution in [2.24, 2.45) is 5.92 Å². The van der Waals surface area contributed by atoms with E-state index in [0.717, 1.165) is 16.7 Å². The van der Waals surface area contributed by atoms with Gasteiger partial charge in [-0.2, -0.15) is 0 Å². The van der Waals surface area contributed by atoms with Crippen LogP contribution in [0.2, 0.25) is 0 Å². The van der Waals surface area contributed by atoms with Crippen LogP contribution in [0.3, 0.4) is 0 Å². The lowest BCUT2D eigenvalue weighted by molar-refractivity contribution is 0.0963. The van der Waals surface area contributed by atoms with Gasteiger partial charge in [0, 0.05) is 24.1 Å². The highest BCUT2D eigenvalue weighted by Gasteiger charge is 2.17. The average molecular weight is 275 g/mol. The highest BCUT2D eigenvalue weighted by molar-refractivity contribution is 5.94. The quantitative estimate of drug-likeness (QED) is 0.835. The van der Waals surface area contributed by atoms with Gasteiger partial charge in [0.1, 0.15) is 0 Å². The number of hydrogen-bond acceptors (Lipinski definition) is 1. The number of nitrogens with one attached hydrogen (secondary N) is 1. The summed E-state index contributed by atoms with van der Waals surface area (Å²) in [6.45, 7) is 0. The van der Waals surface area contributed by atoms with Crippen LogP contribution in [0.15, 0.2) is 48.5 Å². The molecular weight excluding hydrogens is 258 g/mol. The summed E-state index contributed by atoms with van der Waals surface area (Å²) in [5.74, 6) is 7.04. The smallest absolute Gasteiger partial charge is 0.251 e. The zero-order valence-corrected chi connectivity index (χ0v) is 12.0. The lowest BCUT2D eigenvalue weighted by Crippen LogP contribution is -2.17. The average Bonchev–Trinajstić information content (AvgIpc) is 3.37. The molecule has 1 aliphatic rings. The minimum absolute atomic E-state index is 0.0627. The summed E-state index contributed by atoms with van der Waals surface area (Å²) in [4.78, 5) is 11.5. The lowest BCUT2D eigenvalue weighted by atomic mass is 10.0. The minimum atomic E-state index is -0.0627. The Morgan fingerprint density at radius 1 is 1.00 bits per heavy atom. The first kappa shape index (κ1) is 13.5. The molecule has 1 saturated carbocycles. The third kappa shape index (κ3) is 3.32. The van der Waals surface area contributed by atoms with Gasteiger partial charge in [-0.05, 0) is 48.2 Å². The van der Waals surface area contributed by atoms with Crippen LogP contribution < -0.4 is 5.32 Å². The minimum Gasteiger partial charge on any atom is -0.355 e. The molecule has 2 aromatic rings. The zero-order valence-electron chi connectivity index (χ0n) is 12.0. The molecule has 2 nitrogen and oxygen atoms in total. The molecule has 0 saturated heterocycles. The molecule has 2 aromatic carbocycles. The molecule has 0 unspecified atom stereocenters. The Bertz CT molecular complexity index is 698. The van der Waals surface area contributed by atoms with E-state index in [9.17, 15) is 4.79 Å². The fourth-order valence-electron chi connectivity index (χ4n) is 2.12. The summed E-state index contributed by atoms with van der Waals surface area (Å²) >= 11 is 0. The summed E-state index contributed by atoms with van der Waals surface area (Å²) in [5.41, 5.74) is 3.97. The van der Waals surface area contributed by atoms with Gasteiger partial charge in [0.05, 0.1) is 0 Å². The van der Waals surface area contributed by atoms with Crippen molar-refractivity contribution in [2.75, 3.05) is 7.05 Å². The van der Waals surface area contributed by atoms with E-state index in [0.29, 0.717) is 11.5 Å². The number of rotatable bonds is 2. The van der Waals surface area contributed by atoms with Gasteiger partial charge in [-0.15, -0.1) is 0 Å². The first-order chi connectivity index (χ1) is 10.3. The molecular formula is C19H17NO. The van der Waals surface area contributed by atoms with E-state index in [1.165, 1.54) is 12.8 Å². The summed E-state index contributed by atoms with van der Waals surface area (Å²) in [7, 11) is 1.64. The second-order valence-electron chi connectivity index (χ2n) is 5.28. The SMILES string of the molecule is CNC(=O)c1ccc(-c2ccc(C#CC3CC3)cc2)cc1. The molecule has 2 heteroatoms. The number of carbonyl (C=O) groups excluding carboxylic acids is 1. The van der Waals surface area contributed by atoms with Crippen molar-refractivity contribution in [1.29, 1.82) is 0 Å². The molecule has 1 N–H and O–H groups in total. The Morgan fingerprint density at radius 2 is 1.57 bits per heavy atom. The Hall–Kier alpha value is -2.53. The maximum atomic E-state index is 11.5. The highest BCUT2D eigenvalue weighted by atomic mass is 16.1. The third-order valence-electron chi connectivity index (χ3n) is 3.59. The number of hydrogen-bond donors (Lipinski definition) is 1. The van der Waals surface area contributed by atoms with Crippen LogP contribution in [-0.4, -0.2) is 13.0 Å². The van der Waals surface area contributed by atoms with E-state index in [4.69, 9.17) is 0 Å². The van der Waals surface area contributed by atoms with Crippen LogP contribution in [0.25, 0.3) is 11.1 Å². The fraction of sp³-hybridized carbons (Fsp3) is 0.211. The van der Waals surface area contributed by atoms with Crippen molar-refractivity contribution < 1.29 is 4.79 Å². The predicted octanol–water partition coefficient (Wildman–Crippen LogP) is 3.47. The van der Waals surface area contributed by atoms with E-state index in [-0.39, 0.29) is 5.91 Å². The van der Waals surface area contributed by atoms with Gasteiger partial charge in [-0.3, -0.25) is 4.79 Å². The van der Waals surface area contributed by atoms with Crippen LogP contribution in [0.1, 0.15) is 28.8 Å². The standard InChI is InChI=1S/C19H17NO/c1-20-19(21)18-12-10-17(11-13-18)16-8-6-15(7-9-16)5-4-14-2-3-14/h6-14H,2-3H2,1H3,(H,20,21). The molecule has 0 aromatic heterocycles. The third-order valence-corrected chi connectivity index (χ3v) is 3.59. The first-order valence-electron chi connectivity index (χ1n) is 7.20. The van der Waals surface area contributed by atoms with E-state index in [1.807, 2.05) is 24.3 Å². The summed E-state index contributed by atoms with van der Waals surface area (Å²) in [6.07, 6.45) is 2.51. The second-order valence-corrected chi connectivity index (χ2v) is 5.28. The van der Waals surface area contributed by atoms with Gasteiger partial charge in [-0.1, -0.05) is 36.1 Å². The molecule has 1 fully saturated rings. The zero-order chi connectivity index (χ0) is 14.7. The fourth-order valence-corrected chi connectivity index (χ4v) is 2.12. The maximum Gasteiger partial charge on any atom is 0.251 e. The van der Waals surface area contributed by atoms with Crippen molar-refractivity contribution >= 4 is 5.91 Å². The van der Waals surface area contributed by atoms with Crippen molar-refractivity contribution in [3.8, 4) is 23.0 Å². The molecule has 1 amide bonds. The van der Waals surface area contributed by atoms with Gasteiger partial charge < -0.3 is 5.32 Å². The van der Waals surface area contributed by atoms with Gasteiger partial charge in [0.25, 0.3) is 5.91 Å². The molecule has 0 aliphatic heterocycles. The van der Waals surface area contributed by atoms with Crippen molar-refractivity contribution in [3.05, 3.63) is 59.7 Å². The Morgan fingerprint density at radius 3 is 2.10 bits per heavy atom. The topological polar surface area (TPSA) is 29.1 Å². The lowest BCUT2D eigenvalue weighted by Gasteiger charge is -2.04. The van der Waals surface area contributed by atoms with Gasteiger partial charge in [0.15, 0.2) is 0 Å². The number of amides is 1. The van der Waals surface area contributed by atoms with E-state index in [1.54, 1.807) is 7.05 Å². The molecule has 0 heterocycles. The van der Waals surface area contributed by atoms with Crippen LogP contribution in [0.4, 0.5) is 0 Å². The molecule has 104 valence electrons. The summed E-state index contributed by atoms with van der Waals surface area (Å²) < 4.78 is 0. The van der Waals surface area contributed by atoms with Gasteiger partial charge in [0.2, 0.25) is 0 Å². The van der Waals surface area contributed by atoms with Crippen molar-refractivity contribution in [1.82, 2.24) is 5.32 Å². The maximum absolute atomic E-state index is 11.5. The molecule has 0 atom stereocenters. The Kier molecular flexibility index (Phi) is 3.75. The largest absolute Gasteiger partial charge is 0.355 e. The van der Waals surface area contributed by atoms with E-state index in [2.05, 4.69) is 41.4 Å². The van der Waals surface area contributed by atoms with Crippen LogP contribution in [-0.2, 0) is 0 Å². The molecule has 3 rings (SSSR count). The van der Waals surface area contributed by atoms with Crippen LogP contribution >= 0.6 is 0 Å². The van der Waals surface area contributed by atoms with E-state index >= 15 is 0 Å². The normalized spacial score (nSPS) is 13.2. The summed E-state index contributed by atoms with van der Waals surface area (Å²) in [5, 5.41) is 2.62. The summed E-state index contributed by atoms with van der Waals surface area (Å²) in [6, 6.07) is 15.9. The van der Waals surface area contributed by atoms with Crippen molar-refractivity contribution in [2.45, 2.75) is 12.8 Å². The highest BCUT2D eigenvalue weighted by Crippen LogP contribution is 2.27.